The first kappa shape index (κ1) is 16.0. The molecule has 1 aliphatic heterocycles. The lowest BCUT2D eigenvalue weighted by atomic mass is 10.0. The Bertz CT molecular complexity index is 598. The van der Waals surface area contributed by atoms with Gasteiger partial charge >= 0.3 is 0 Å². The lowest BCUT2D eigenvalue weighted by molar-refractivity contribution is -0.134. The van der Waals surface area contributed by atoms with Crippen molar-refractivity contribution in [1.82, 2.24) is 10.6 Å². The van der Waals surface area contributed by atoms with Crippen LogP contribution in [0.4, 0.5) is 0 Å². The molecule has 1 unspecified atom stereocenters. The summed E-state index contributed by atoms with van der Waals surface area (Å²) in [6.45, 7) is 4.35. The zero-order valence-corrected chi connectivity index (χ0v) is 12.8. The van der Waals surface area contributed by atoms with E-state index in [2.05, 4.69) is 10.6 Å². The summed E-state index contributed by atoms with van der Waals surface area (Å²) in [4.78, 5) is 35.3. The van der Waals surface area contributed by atoms with Gasteiger partial charge < -0.3 is 10.1 Å². The molecule has 118 valence electrons. The van der Waals surface area contributed by atoms with Crippen LogP contribution in [-0.2, 0) is 16.0 Å². The first-order valence-corrected chi connectivity index (χ1v) is 7.46. The van der Waals surface area contributed by atoms with Crippen molar-refractivity contribution in [1.29, 1.82) is 0 Å². The van der Waals surface area contributed by atoms with Crippen molar-refractivity contribution < 1.29 is 19.1 Å². The maximum atomic E-state index is 12.4. The van der Waals surface area contributed by atoms with Crippen LogP contribution in [0.5, 0.6) is 5.75 Å². The second-order valence-electron chi connectivity index (χ2n) is 5.05. The van der Waals surface area contributed by atoms with Crippen molar-refractivity contribution in [2.45, 2.75) is 39.2 Å². The standard InChI is InChI=1S/C16H20N2O4/c1-3-10-11(6-5-7-13(10)22-4-2)15(20)17-12-8-9-14(19)18-16(12)21/h5-7,12H,3-4,8-9H2,1-2H3,(H,17,20)(H,18,19,21). The Morgan fingerprint density at radius 1 is 1.36 bits per heavy atom. The van der Waals surface area contributed by atoms with Gasteiger partial charge in [0.1, 0.15) is 11.8 Å². The molecule has 0 spiro atoms. The average Bonchev–Trinajstić information content (AvgIpc) is 2.50. The molecule has 3 amide bonds. The van der Waals surface area contributed by atoms with Gasteiger partial charge in [-0.05, 0) is 31.9 Å². The molecule has 22 heavy (non-hydrogen) atoms. The minimum absolute atomic E-state index is 0.232. The summed E-state index contributed by atoms with van der Waals surface area (Å²) < 4.78 is 5.54. The van der Waals surface area contributed by atoms with Gasteiger partial charge in [-0.3, -0.25) is 19.7 Å². The largest absolute Gasteiger partial charge is 0.494 e. The normalized spacial score (nSPS) is 17.8. The van der Waals surface area contributed by atoms with E-state index in [0.29, 0.717) is 30.8 Å². The van der Waals surface area contributed by atoms with Crippen LogP contribution in [-0.4, -0.2) is 30.4 Å². The SMILES string of the molecule is CCOc1cccc(C(=O)NC2CCC(=O)NC2=O)c1CC. The third-order valence-electron chi connectivity index (χ3n) is 3.58. The first-order valence-electron chi connectivity index (χ1n) is 7.46. The Morgan fingerprint density at radius 3 is 2.77 bits per heavy atom. The molecular formula is C16H20N2O4. The van der Waals surface area contributed by atoms with Crippen LogP contribution in [0.2, 0.25) is 0 Å². The fourth-order valence-corrected chi connectivity index (χ4v) is 2.50. The van der Waals surface area contributed by atoms with E-state index >= 15 is 0 Å². The molecule has 0 saturated carbocycles. The average molecular weight is 304 g/mol. The van der Waals surface area contributed by atoms with E-state index in [1.54, 1.807) is 12.1 Å². The summed E-state index contributed by atoms with van der Waals surface area (Å²) in [5.41, 5.74) is 1.31. The van der Waals surface area contributed by atoms with Gasteiger partial charge in [0.25, 0.3) is 5.91 Å². The van der Waals surface area contributed by atoms with Crippen molar-refractivity contribution in [3.8, 4) is 5.75 Å². The highest BCUT2D eigenvalue weighted by Crippen LogP contribution is 2.23. The van der Waals surface area contributed by atoms with E-state index in [-0.39, 0.29) is 18.2 Å². The predicted octanol–water partition coefficient (Wildman–Crippen LogP) is 1.18. The molecule has 1 fully saturated rings. The Balaban J connectivity index is 2.17. The summed E-state index contributed by atoms with van der Waals surface area (Å²) in [5.74, 6) is -0.402. The third-order valence-corrected chi connectivity index (χ3v) is 3.58. The number of carbonyl (C=O) groups excluding carboxylic acids is 3. The predicted molar refractivity (Wildman–Crippen MR) is 80.6 cm³/mol. The lowest BCUT2D eigenvalue weighted by Crippen LogP contribution is -2.52. The van der Waals surface area contributed by atoms with Crippen molar-refractivity contribution >= 4 is 17.7 Å². The molecule has 0 aliphatic carbocycles. The second kappa shape index (κ2) is 7.06. The molecule has 0 radical (unpaired) electrons. The summed E-state index contributed by atoms with van der Waals surface area (Å²) >= 11 is 0. The van der Waals surface area contributed by atoms with Gasteiger partial charge in [0.05, 0.1) is 6.61 Å². The van der Waals surface area contributed by atoms with Crippen LogP contribution >= 0.6 is 0 Å². The van der Waals surface area contributed by atoms with Crippen LogP contribution in [0.15, 0.2) is 18.2 Å². The smallest absolute Gasteiger partial charge is 0.252 e. The van der Waals surface area contributed by atoms with Gasteiger partial charge in [0.15, 0.2) is 0 Å². The topological polar surface area (TPSA) is 84.5 Å². The number of hydrogen-bond donors (Lipinski definition) is 2. The fourth-order valence-electron chi connectivity index (χ4n) is 2.50. The summed E-state index contributed by atoms with van der Waals surface area (Å²) in [6, 6.07) is 4.61. The second-order valence-corrected chi connectivity index (χ2v) is 5.05. The van der Waals surface area contributed by atoms with Gasteiger partial charge in [0, 0.05) is 17.5 Å². The minimum Gasteiger partial charge on any atom is -0.494 e. The van der Waals surface area contributed by atoms with E-state index in [1.807, 2.05) is 19.9 Å². The van der Waals surface area contributed by atoms with Crippen molar-refractivity contribution in [3.63, 3.8) is 0 Å². The Hall–Kier alpha value is -2.37. The lowest BCUT2D eigenvalue weighted by Gasteiger charge is -2.22. The number of benzene rings is 1. The van der Waals surface area contributed by atoms with Crippen LogP contribution in [0.3, 0.4) is 0 Å². The molecule has 6 heteroatoms. The highest BCUT2D eigenvalue weighted by molar-refractivity contribution is 6.04. The summed E-state index contributed by atoms with van der Waals surface area (Å²) in [7, 11) is 0. The molecule has 1 atom stereocenters. The number of amides is 3. The summed E-state index contributed by atoms with van der Waals surface area (Å²) in [5, 5.41) is 4.92. The Labute approximate surface area is 129 Å². The molecule has 1 aromatic rings. The quantitative estimate of drug-likeness (QED) is 0.800. The monoisotopic (exact) mass is 304 g/mol. The number of ether oxygens (including phenoxy) is 1. The molecule has 1 heterocycles. The van der Waals surface area contributed by atoms with E-state index in [4.69, 9.17) is 4.74 Å². The molecule has 0 aromatic heterocycles. The number of hydrogen-bond acceptors (Lipinski definition) is 4. The molecule has 1 aliphatic rings. The molecule has 1 aromatic carbocycles. The zero-order valence-electron chi connectivity index (χ0n) is 12.8. The van der Waals surface area contributed by atoms with Gasteiger partial charge in [-0.2, -0.15) is 0 Å². The van der Waals surface area contributed by atoms with Crippen LogP contribution in [0.1, 0.15) is 42.6 Å². The minimum atomic E-state index is -0.675. The number of piperidine rings is 1. The molecule has 0 bridgehead atoms. The summed E-state index contributed by atoms with van der Waals surface area (Å²) in [6.07, 6.45) is 1.20. The number of imide groups is 1. The van der Waals surface area contributed by atoms with Gasteiger partial charge in [-0.1, -0.05) is 13.0 Å². The molecule has 6 nitrogen and oxygen atoms in total. The first-order chi connectivity index (χ1) is 10.6. The van der Waals surface area contributed by atoms with Crippen LogP contribution < -0.4 is 15.4 Å². The zero-order chi connectivity index (χ0) is 16.1. The molecule has 1 saturated heterocycles. The van der Waals surface area contributed by atoms with Crippen molar-refractivity contribution in [2.75, 3.05) is 6.61 Å². The van der Waals surface area contributed by atoms with Crippen LogP contribution in [0.25, 0.3) is 0 Å². The van der Waals surface area contributed by atoms with Gasteiger partial charge in [-0.25, -0.2) is 0 Å². The van der Waals surface area contributed by atoms with Crippen molar-refractivity contribution in [3.05, 3.63) is 29.3 Å². The van der Waals surface area contributed by atoms with Crippen LogP contribution in [0, 0.1) is 0 Å². The number of nitrogens with one attached hydrogen (secondary N) is 2. The maximum Gasteiger partial charge on any atom is 0.252 e. The van der Waals surface area contributed by atoms with E-state index in [0.717, 1.165) is 5.56 Å². The van der Waals surface area contributed by atoms with Crippen molar-refractivity contribution in [2.24, 2.45) is 0 Å². The van der Waals surface area contributed by atoms with Gasteiger partial charge in [0.2, 0.25) is 11.8 Å². The van der Waals surface area contributed by atoms with Gasteiger partial charge in [-0.15, -0.1) is 0 Å². The number of rotatable bonds is 5. The van der Waals surface area contributed by atoms with E-state index in [1.165, 1.54) is 0 Å². The highest BCUT2D eigenvalue weighted by Gasteiger charge is 2.28. The maximum absolute atomic E-state index is 12.4. The molecule has 2 N–H and O–H groups in total. The molecule has 2 rings (SSSR count). The van der Waals surface area contributed by atoms with E-state index < -0.39 is 11.9 Å². The Morgan fingerprint density at radius 2 is 2.14 bits per heavy atom. The highest BCUT2D eigenvalue weighted by atomic mass is 16.5. The fraction of sp³-hybridized carbons (Fsp3) is 0.438. The number of carbonyl (C=O) groups is 3. The third kappa shape index (κ3) is 3.44. The van der Waals surface area contributed by atoms with E-state index in [9.17, 15) is 14.4 Å². The molecular weight excluding hydrogens is 284 g/mol. The Kier molecular flexibility index (Phi) is 5.14.